The van der Waals surface area contributed by atoms with Crippen molar-refractivity contribution >= 4 is 29.3 Å². The minimum Gasteiger partial charge on any atom is -0.497 e. The first-order chi connectivity index (χ1) is 18.3. The Balaban J connectivity index is 1.49. The summed E-state index contributed by atoms with van der Waals surface area (Å²) < 4.78 is 7.10. The molecule has 9 heteroatoms. The van der Waals surface area contributed by atoms with Gasteiger partial charge < -0.3 is 15.4 Å². The van der Waals surface area contributed by atoms with E-state index in [1.807, 2.05) is 86.0 Å². The van der Waals surface area contributed by atoms with Crippen molar-refractivity contribution in [3.63, 3.8) is 0 Å². The molecule has 196 valence electrons. The first-order valence-electron chi connectivity index (χ1n) is 12.2. The summed E-state index contributed by atoms with van der Waals surface area (Å²) in [6.07, 6.45) is 0.238. The highest BCUT2D eigenvalue weighted by molar-refractivity contribution is 7.99. The smallest absolute Gasteiger partial charge is 0.234 e. The van der Waals surface area contributed by atoms with Gasteiger partial charge in [-0.15, -0.1) is 10.2 Å². The molecule has 4 aromatic rings. The SMILES string of the molecule is COc1ccc(CC(=O)NCc2nnc(SCC(=O)Nc3cccc(C)c3)n2-c2cc(C)ccc2C)cc1. The number of benzene rings is 3. The summed E-state index contributed by atoms with van der Waals surface area (Å²) in [5.74, 6) is 1.24. The zero-order valence-electron chi connectivity index (χ0n) is 21.9. The van der Waals surface area contributed by atoms with Crippen LogP contribution in [0.5, 0.6) is 5.75 Å². The van der Waals surface area contributed by atoms with Gasteiger partial charge in [-0.25, -0.2) is 0 Å². The van der Waals surface area contributed by atoms with E-state index in [1.165, 1.54) is 11.8 Å². The zero-order valence-corrected chi connectivity index (χ0v) is 22.8. The van der Waals surface area contributed by atoms with Crippen LogP contribution in [0.1, 0.15) is 28.1 Å². The summed E-state index contributed by atoms with van der Waals surface area (Å²) in [6.45, 7) is 6.21. The number of carbonyl (C=O) groups is 2. The molecular weight excluding hydrogens is 498 g/mol. The third-order valence-corrected chi connectivity index (χ3v) is 6.84. The largest absolute Gasteiger partial charge is 0.497 e. The van der Waals surface area contributed by atoms with Crippen molar-refractivity contribution in [2.75, 3.05) is 18.2 Å². The first kappa shape index (κ1) is 26.9. The molecule has 1 aromatic heterocycles. The fourth-order valence-electron chi connectivity index (χ4n) is 3.93. The number of aryl methyl sites for hydroxylation is 3. The number of hydrogen-bond acceptors (Lipinski definition) is 6. The van der Waals surface area contributed by atoms with E-state index in [0.29, 0.717) is 11.0 Å². The standard InChI is InChI=1S/C29H31N5O3S/c1-19-6-5-7-23(14-19)31-28(36)18-38-29-33-32-26(34(29)25-15-20(2)8-9-21(25)3)17-30-27(35)16-22-10-12-24(37-4)13-11-22/h5-15H,16-18H2,1-4H3,(H,30,35)(H,31,36). The number of nitrogens with zero attached hydrogens (tertiary/aromatic N) is 3. The summed E-state index contributed by atoms with van der Waals surface area (Å²) in [7, 11) is 1.61. The molecule has 0 saturated heterocycles. The van der Waals surface area contributed by atoms with Gasteiger partial charge in [0.15, 0.2) is 11.0 Å². The van der Waals surface area contributed by atoms with Gasteiger partial charge in [-0.3, -0.25) is 14.2 Å². The molecule has 2 amide bonds. The van der Waals surface area contributed by atoms with Crippen LogP contribution in [0.2, 0.25) is 0 Å². The van der Waals surface area contributed by atoms with E-state index in [9.17, 15) is 9.59 Å². The summed E-state index contributed by atoms with van der Waals surface area (Å²) in [4.78, 5) is 25.3. The van der Waals surface area contributed by atoms with Gasteiger partial charge >= 0.3 is 0 Å². The Morgan fingerprint density at radius 2 is 1.68 bits per heavy atom. The first-order valence-corrected chi connectivity index (χ1v) is 13.2. The zero-order chi connectivity index (χ0) is 27.1. The Morgan fingerprint density at radius 3 is 2.42 bits per heavy atom. The van der Waals surface area contributed by atoms with Crippen molar-refractivity contribution in [2.45, 2.75) is 38.9 Å². The highest BCUT2D eigenvalue weighted by Gasteiger charge is 2.18. The quantitative estimate of drug-likeness (QED) is 0.287. The molecule has 8 nitrogen and oxygen atoms in total. The molecule has 0 aliphatic rings. The minimum absolute atomic E-state index is 0.127. The van der Waals surface area contributed by atoms with Crippen molar-refractivity contribution in [3.05, 3.63) is 94.8 Å². The molecule has 0 aliphatic heterocycles. The van der Waals surface area contributed by atoms with Crippen LogP contribution in [0.3, 0.4) is 0 Å². The Morgan fingerprint density at radius 1 is 0.921 bits per heavy atom. The highest BCUT2D eigenvalue weighted by atomic mass is 32.2. The van der Waals surface area contributed by atoms with E-state index < -0.39 is 0 Å². The van der Waals surface area contributed by atoms with Crippen molar-refractivity contribution in [1.29, 1.82) is 0 Å². The molecule has 0 spiro atoms. The molecular formula is C29H31N5O3S. The Bertz CT molecular complexity index is 1430. The van der Waals surface area contributed by atoms with Gasteiger partial charge in [0, 0.05) is 5.69 Å². The van der Waals surface area contributed by atoms with Gasteiger partial charge in [-0.2, -0.15) is 0 Å². The second-order valence-corrected chi connectivity index (χ2v) is 9.97. The number of hydrogen-bond donors (Lipinski definition) is 2. The molecule has 1 heterocycles. The topological polar surface area (TPSA) is 98.1 Å². The maximum atomic E-state index is 12.7. The lowest BCUT2D eigenvalue weighted by Gasteiger charge is -2.14. The summed E-state index contributed by atoms with van der Waals surface area (Å²) >= 11 is 1.30. The van der Waals surface area contributed by atoms with E-state index in [1.54, 1.807) is 7.11 Å². The lowest BCUT2D eigenvalue weighted by molar-refractivity contribution is -0.120. The molecule has 3 aromatic carbocycles. The van der Waals surface area contributed by atoms with E-state index in [-0.39, 0.29) is 30.5 Å². The number of rotatable bonds is 10. The number of anilines is 1. The van der Waals surface area contributed by atoms with Gasteiger partial charge in [-0.1, -0.05) is 48.2 Å². The molecule has 38 heavy (non-hydrogen) atoms. The third-order valence-electron chi connectivity index (χ3n) is 5.91. The molecule has 0 aliphatic carbocycles. The Kier molecular flexibility index (Phi) is 8.81. The van der Waals surface area contributed by atoms with Crippen molar-refractivity contribution in [3.8, 4) is 11.4 Å². The van der Waals surface area contributed by atoms with Crippen LogP contribution in [-0.2, 0) is 22.6 Å². The van der Waals surface area contributed by atoms with Crippen molar-refractivity contribution in [1.82, 2.24) is 20.1 Å². The Labute approximate surface area is 226 Å². The van der Waals surface area contributed by atoms with Crippen LogP contribution < -0.4 is 15.4 Å². The molecule has 0 bridgehead atoms. The molecule has 0 atom stereocenters. The monoisotopic (exact) mass is 529 g/mol. The highest BCUT2D eigenvalue weighted by Crippen LogP contribution is 2.25. The number of carbonyl (C=O) groups excluding carboxylic acids is 2. The maximum Gasteiger partial charge on any atom is 0.234 e. The van der Waals surface area contributed by atoms with Crippen LogP contribution in [0.15, 0.2) is 71.9 Å². The van der Waals surface area contributed by atoms with E-state index >= 15 is 0 Å². The molecule has 2 N–H and O–H groups in total. The molecule has 0 unspecified atom stereocenters. The van der Waals surface area contributed by atoms with Crippen LogP contribution in [-0.4, -0.2) is 39.4 Å². The predicted octanol–water partition coefficient (Wildman–Crippen LogP) is 4.79. The van der Waals surface area contributed by atoms with Crippen LogP contribution in [0.4, 0.5) is 5.69 Å². The van der Waals surface area contributed by atoms with Crippen LogP contribution in [0.25, 0.3) is 5.69 Å². The average Bonchev–Trinajstić information content (AvgIpc) is 3.30. The van der Waals surface area contributed by atoms with Gasteiger partial charge in [0.05, 0.1) is 31.5 Å². The fourth-order valence-corrected chi connectivity index (χ4v) is 4.69. The van der Waals surface area contributed by atoms with Crippen molar-refractivity contribution < 1.29 is 14.3 Å². The summed E-state index contributed by atoms with van der Waals surface area (Å²) in [5, 5.41) is 15.2. The summed E-state index contributed by atoms with van der Waals surface area (Å²) in [5.41, 5.74) is 5.75. The second-order valence-electron chi connectivity index (χ2n) is 9.03. The number of ether oxygens (including phenoxy) is 1. The minimum atomic E-state index is -0.134. The van der Waals surface area contributed by atoms with Crippen LogP contribution in [0, 0.1) is 20.8 Å². The lowest BCUT2D eigenvalue weighted by Crippen LogP contribution is -2.26. The molecule has 0 saturated carbocycles. The molecule has 0 fully saturated rings. The number of thioether (sulfide) groups is 1. The number of amides is 2. The van der Waals surface area contributed by atoms with E-state index in [4.69, 9.17) is 4.74 Å². The average molecular weight is 530 g/mol. The second kappa shape index (κ2) is 12.4. The number of nitrogens with one attached hydrogen (secondary N) is 2. The van der Waals surface area contributed by atoms with E-state index in [2.05, 4.69) is 26.9 Å². The lowest BCUT2D eigenvalue weighted by atomic mass is 10.1. The van der Waals surface area contributed by atoms with Gasteiger partial charge in [0.1, 0.15) is 5.75 Å². The predicted molar refractivity (Wildman–Crippen MR) is 150 cm³/mol. The van der Waals surface area contributed by atoms with Gasteiger partial charge in [0.25, 0.3) is 0 Å². The fraction of sp³-hybridized carbons (Fsp3) is 0.241. The third kappa shape index (κ3) is 7.01. The van der Waals surface area contributed by atoms with Gasteiger partial charge in [0.2, 0.25) is 11.8 Å². The molecule has 4 rings (SSSR count). The summed E-state index contributed by atoms with van der Waals surface area (Å²) in [6, 6.07) is 21.2. The van der Waals surface area contributed by atoms with Crippen molar-refractivity contribution in [2.24, 2.45) is 0 Å². The Hall–Kier alpha value is -4.11. The molecule has 0 radical (unpaired) electrons. The maximum absolute atomic E-state index is 12.7. The number of methoxy groups -OCH3 is 1. The van der Waals surface area contributed by atoms with Gasteiger partial charge in [-0.05, 0) is 73.4 Å². The van der Waals surface area contributed by atoms with Crippen LogP contribution >= 0.6 is 11.8 Å². The normalized spacial score (nSPS) is 10.7. The number of aromatic nitrogens is 3. The van der Waals surface area contributed by atoms with E-state index in [0.717, 1.165) is 39.4 Å².